The molecule has 0 radical (unpaired) electrons. The monoisotopic (exact) mass is 621 g/mol. The first-order chi connectivity index (χ1) is 21.5. The Kier molecular flexibility index (Phi) is 9.63. The second kappa shape index (κ2) is 13.3. The van der Waals surface area contributed by atoms with E-state index in [0.717, 1.165) is 42.4 Å². The number of fused-ring (bicyclic) bond motifs is 4. The Hall–Kier alpha value is -3.79. The number of rotatable bonds is 8. The van der Waals surface area contributed by atoms with Gasteiger partial charge in [-0.3, -0.25) is 14.4 Å². The van der Waals surface area contributed by atoms with E-state index in [-0.39, 0.29) is 29.1 Å². The Balaban J connectivity index is 1.56. The summed E-state index contributed by atoms with van der Waals surface area (Å²) in [6.07, 6.45) is 5.54. The third kappa shape index (κ3) is 6.34. The van der Waals surface area contributed by atoms with Crippen molar-refractivity contribution < 1.29 is 28.9 Å². The maximum atomic E-state index is 14.0. The van der Waals surface area contributed by atoms with E-state index in [9.17, 15) is 19.5 Å². The molecule has 5 rings (SSSR count). The first-order valence-electron chi connectivity index (χ1n) is 16.1. The van der Waals surface area contributed by atoms with Gasteiger partial charge in [-0.2, -0.15) is 0 Å². The standard InChI is InChI=1S/C35H47N3O7/c1-20(2)31(34(41)38-16-15-35(42)14-8-7-9-23(35)19-38)37-27-13-11-24-25(18-28(27)40)26(36-21(3)39)12-10-22-17-29(43-4)32(44-5)33(45-6)30(22)24/h11,13,17-18,20,23,26,31,42H,7-10,12,14-16,19H2,1-6H3,(H,36,39)(H,37,40)/t23-,26-,31-,35+/m0/s1. The van der Waals surface area contributed by atoms with Crippen LogP contribution in [-0.4, -0.2) is 67.9 Å². The molecule has 2 amide bonds. The third-order valence-corrected chi connectivity index (χ3v) is 9.90. The third-order valence-electron chi connectivity index (χ3n) is 9.90. The Morgan fingerprint density at radius 3 is 2.44 bits per heavy atom. The van der Waals surface area contributed by atoms with Gasteiger partial charge in [0.25, 0.3) is 0 Å². The summed E-state index contributed by atoms with van der Waals surface area (Å²) in [5, 5.41) is 17.5. The Morgan fingerprint density at radius 1 is 1.02 bits per heavy atom. The van der Waals surface area contributed by atoms with Crippen LogP contribution in [0.2, 0.25) is 0 Å². The summed E-state index contributed by atoms with van der Waals surface area (Å²) in [6.45, 7) is 6.42. The molecule has 10 heteroatoms. The van der Waals surface area contributed by atoms with Gasteiger partial charge >= 0.3 is 0 Å². The summed E-state index contributed by atoms with van der Waals surface area (Å²) >= 11 is 0. The van der Waals surface area contributed by atoms with E-state index in [1.165, 1.54) is 6.92 Å². The highest BCUT2D eigenvalue weighted by molar-refractivity contribution is 5.86. The molecule has 45 heavy (non-hydrogen) atoms. The number of carbonyl (C=O) groups is 2. The smallest absolute Gasteiger partial charge is 0.245 e. The van der Waals surface area contributed by atoms with Gasteiger partial charge in [0.2, 0.25) is 23.0 Å². The van der Waals surface area contributed by atoms with Gasteiger partial charge in [-0.05, 0) is 72.9 Å². The molecule has 2 aromatic carbocycles. The van der Waals surface area contributed by atoms with Crippen molar-refractivity contribution in [3.05, 3.63) is 45.6 Å². The van der Waals surface area contributed by atoms with Crippen molar-refractivity contribution in [2.75, 3.05) is 39.7 Å². The fraction of sp³-hybridized carbons (Fsp3) is 0.571. The van der Waals surface area contributed by atoms with E-state index in [1.807, 2.05) is 30.9 Å². The molecule has 1 heterocycles. The number of hydrogen-bond acceptors (Lipinski definition) is 8. The molecular weight excluding hydrogens is 574 g/mol. The first kappa shape index (κ1) is 32.6. The number of benzene rings is 1. The number of nitrogens with zero attached hydrogens (tertiary/aromatic N) is 1. The molecule has 0 aromatic heterocycles. The predicted octanol–water partition coefficient (Wildman–Crippen LogP) is 4.45. The lowest BCUT2D eigenvalue weighted by Crippen LogP contribution is -2.57. The van der Waals surface area contributed by atoms with Crippen LogP contribution in [0.3, 0.4) is 0 Å². The van der Waals surface area contributed by atoms with Gasteiger partial charge in [-0.1, -0.05) is 32.8 Å². The molecule has 1 saturated carbocycles. The minimum Gasteiger partial charge on any atom is -0.493 e. The fourth-order valence-electron chi connectivity index (χ4n) is 7.48. The lowest BCUT2D eigenvalue weighted by Gasteiger charge is -2.48. The van der Waals surface area contributed by atoms with Gasteiger partial charge in [0.15, 0.2) is 11.5 Å². The van der Waals surface area contributed by atoms with Gasteiger partial charge in [0.1, 0.15) is 6.04 Å². The van der Waals surface area contributed by atoms with Gasteiger partial charge in [0, 0.05) is 31.5 Å². The van der Waals surface area contributed by atoms with Crippen molar-refractivity contribution in [1.82, 2.24) is 10.2 Å². The number of aliphatic hydroxyl groups is 1. The van der Waals surface area contributed by atoms with E-state index < -0.39 is 17.7 Å². The number of carbonyl (C=O) groups excluding carboxylic acids is 2. The maximum Gasteiger partial charge on any atom is 0.245 e. The van der Waals surface area contributed by atoms with Crippen LogP contribution < -0.4 is 30.3 Å². The average molecular weight is 622 g/mol. The molecule has 2 aromatic rings. The predicted molar refractivity (Wildman–Crippen MR) is 173 cm³/mol. The van der Waals surface area contributed by atoms with Crippen molar-refractivity contribution in [1.29, 1.82) is 0 Å². The molecule has 2 fully saturated rings. The highest BCUT2D eigenvalue weighted by atomic mass is 16.5. The van der Waals surface area contributed by atoms with Crippen molar-refractivity contribution in [3.63, 3.8) is 0 Å². The van der Waals surface area contributed by atoms with Crippen LogP contribution in [0.25, 0.3) is 11.1 Å². The van der Waals surface area contributed by atoms with Gasteiger partial charge in [-0.15, -0.1) is 0 Å². The van der Waals surface area contributed by atoms with E-state index in [0.29, 0.717) is 60.9 Å². The number of hydrogen-bond donors (Lipinski definition) is 3. The van der Waals surface area contributed by atoms with E-state index >= 15 is 0 Å². The number of piperidine rings is 1. The van der Waals surface area contributed by atoms with Gasteiger partial charge in [0.05, 0.1) is 38.7 Å². The average Bonchev–Trinajstić information content (AvgIpc) is 3.25. The zero-order valence-electron chi connectivity index (χ0n) is 27.3. The minimum atomic E-state index is -0.683. The molecule has 1 aliphatic heterocycles. The summed E-state index contributed by atoms with van der Waals surface area (Å²) in [5.74, 6) is 1.16. The quantitative estimate of drug-likeness (QED) is 0.395. The summed E-state index contributed by atoms with van der Waals surface area (Å²) in [5.41, 5.74) is 2.42. The second-order valence-electron chi connectivity index (χ2n) is 13.0. The molecule has 1 saturated heterocycles. The van der Waals surface area contributed by atoms with Gasteiger partial charge in [-0.25, -0.2) is 0 Å². The molecule has 3 aliphatic rings. The zero-order chi connectivity index (χ0) is 32.5. The molecule has 3 N–H and O–H groups in total. The number of amides is 2. The number of anilines is 1. The Labute approximate surface area is 265 Å². The summed E-state index contributed by atoms with van der Waals surface area (Å²) in [4.78, 5) is 42.0. The molecule has 244 valence electrons. The topological polar surface area (TPSA) is 126 Å². The maximum absolute atomic E-state index is 14.0. The fourth-order valence-corrected chi connectivity index (χ4v) is 7.48. The van der Waals surface area contributed by atoms with Crippen LogP contribution >= 0.6 is 0 Å². The largest absolute Gasteiger partial charge is 0.493 e. The minimum absolute atomic E-state index is 0.0648. The van der Waals surface area contributed by atoms with E-state index in [4.69, 9.17) is 14.2 Å². The van der Waals surface area contributed by atoms with Crippen LogP contribution in [0.15, 0.2) is 29.1 Å². The summed E-state index contributed by atoms with van der Waals surface area (Å²) in [7, 11) is 4.69. The summed E-state index contributed by atoms with van der Waals surface area (Å²) < 4.78 is 17.2. The van der Waals surface area contributed by atoms with Crippen LogP contribution in [0, 0.1) is 11.8 Å². The molecule has 4 atom stereocenters. The zero-order valence-corrected chi connectivity index (χ0v) is 27.3. The highest BCUT2D eigenvalue weighted by Crippen LogP contribution is 2.50. The first-order valence-corrected chi connectivity index (χ1v) is 16.1. The molecule has 0 spiro atoms. The number of likely N-dealkylation sites (tertiary alicyclic amines) is 1. The number of nitrogens with one attached hydrogen (secondary N) is 2. The Bertz CT molecular complexity index is 1510. The second-order valence-corrected chi connectivity index (χ2v) is 13.0. The van der Waals surface area contributed by atoms with E-state index in [1.54, 1.807) is 33.5 Å². The lowest BCUT2D eigenvalue weighted by molar-refractivity contribution is -0.145. The molecular formula is C35H47N3O7. The molecule has 0 unspecified atom stereocenters. The number of methoxy groups -OCH3 is 3. The molecule has 10 nitrogen and oxygen atoms in total. The van der Waals surface area contributed by atoms with Crippen LogP contribution in [-0.2, 0) is 16.0 Å². The van der Waals surface area contributed by atoms with Crippen molar-refractivity contribution >= 4 is 17.5 Å². The molecule has 0 bridgehead atoms. The SMILES string of the molecule is COc1cc2c(c(OC)c1OC)-c1ccc(N[C@H](C(=O)N3CC[C@]4(O)CCCC[C@H]4C3)C(C)C)c(=O)cc1[C@@H](NC(C)=O)CC2. The normalized spacial score (nSPS) is 23.1. The van der Waals surface area contributed by atoms with E-state index in [2.05, 4.69) is 10.6 Å². The highest BCUT2D eigenvalue weighted by Gasteiger charge is 2.45. The number of ether oxygens (including phenoxy) is 3. The lowest BCUT2D eigenvalue weighted by atomic mass is 9.71. The van der Waals surface area contributed by atoms with Crippen molar-refractivity contribution in [2.24, 2.45) is 11.8 Å². The Morgan fingerprint density at radius 2 is 1.78 bits per heavy atom. The number of aryl methyl sites for hydroxylation is 1. The van der Waals surface area contributed by atoms with Crippen molar-refractivity contribution in [3.8, 4) is 28.4 Å². The van der Waals surface area contributed by atoms with Crippen LogP contribution in [0.1, 0.15) is 76.5 Å². The van der Waals surface area contributed by atoms with Crippen molar-refractivity contribution in [2.45, 2.75) is 83.4 Å². The van der Waals surface area contributed by atoms with Crippen LogP contribution in [0.5, 0.6) is 17.2 Å². The van der Waals surface area contributed by atoms with Crippen LogP contribution in [0.4, 0.5) is 5.69 Å². The van der Waals surface area contributed by atoms with Gasteiger partial charge < -0.3 is 34.9 Å². The molecule has 2 aliphatic carbocycles. The summed E-state index contributed by atoms with van der Waals surface area (Å²) in [6, 6.07) is 6.00.